The van der Waals surface area contributed by atoms with Crippen molar-refractivity contribution in [1.29, 1.82) is 5.26 Å². The summed E-state index contributed by atoms with van der Waals surface area (Å²) in [4.78, 5) is 3.90. The van der Waals surface area contributed by atoms with Crippen LogP contribution in [0.1, 0.15) is 5.56 Å². The monoisotopic (exact) mass is 229 g/mol. The zero-order valence-electron chi connectivity index (χ0n) is 8.72. The lowest BCUT2D eigenvalue weighted by Gasteiger charge is -2.06. The highest BCUT2D eigenvalue weighted by molar-refractivity contribution is 5.53. The Morgan fingerprint density at radius 2 is 2.00 bits per heavy atom. The summed E-state index contributed by atoms with van der Waals surface area (Å²) in [6, 6.07) is 8.86. The molecule has 4 nitrogen and oxygen atoms in total. The summed E-state index contributed by atoms with van der Waals surface area (Å²) in [7, 11) is 0. The Morgan fingerprint density at radius 1 is 1.29 bits per heavy atom. The fraction of sp³-hybridized carbons (Fsp3) is 0. The van der Waals surface area contributed by atoms with Gasteiger partial charge in [-0.3, -0.25) is 0 Å². The summed E-state index contributed by atoms with van der Waals surface area (Å²) in [5, 5.41) is 8.65. The molecule has 0 spiro atoms. The van der Waals surface area contributed by atoms with Crippen LogP contribution in [0, 0.1) is 17.1 Å². The zero-order chi connectivity index (χ0) is 12.3. The normalized spacial score (nSPS) is 9.65. The van der Waals surface area contributed by atoms with E-state index in [0.29, 0.717) is 11.3 Å². The summed E-state index contributed by atoms with van der Waals surface area (Å²) in [6.45, 7) is 0. The topological polar surface area (TPSA) is 71.9 Å². The number of nitriles is 1. The number of pyridine rings is 1. The predicted octanol–water partition coefficient (Wildman–Crippen LogP) is 2.47. The van der Waals surface area contributed by atoms with E-state index in [9.17, 15) is 4.39 Å². The van der Waals surface area contributed by atoms with Gasteiger partial charge in [0.1, 0.15) is 17.6 Å². The summed E-state index contributed by atoms with van der Waals surface area (Å²) in [5.41, 5.74) is 6.28. The fourth-order valence-electron chi connectivity index (χ4n) is 1.23. The van der Waals surface area contributed by atoms with Crippen molar-refractivity contribution in [2.45, 2.75) is 0 Å². The molecule has 17 heavy (non-hydrogen) atoms. The average Bonchev–Trinajstić information content (AvgIpc) is 2.34. The van der Waals surface area contributed by atoms with Crippen LogP contribution in [0.25, 0.3) is 0 Å². The minimum atomic E-state index is -0.349. The Balaban J connectivity index is 2.25. The van der Waals surface area contributed by atoms with E-state index in [0.717, 1.165) is 0 Å². The van der Waals surface area contributed by atoms with Crippen molar-refractivity contribution in [2.75, 3.05) is 5.73 Å². The van der Waals surface area contributed by atoms with Crippen molar-refractivity contribution in [3.63, 3.8) is 0 Å². The van der Waals surface area contributed by atoms with Crippen LogP contribution >= 0.6 is 0 Å². The van der Waals surface area contributed by atoms with E-state index >= 15 is 0 Å². The lowest BCUT2D eigenvalue weighted by atomic mass is 10.3. The molecule has 84 valence electrons. The maximum absolute atomic E-state index is 12.7. The molecular weight excluding hydrogens is 221 g/mol. The molecule has 0 unspecified atom stereocenters. The quantitative estimate of drug-likeness (QED) is 0.858. The van der Waals surface area contributed by atoms with Gasteiger partial charge >= 0.3 is 0 Å². The molecule has 1 aromatic carbocycles. The first kappa shape index (κ1) is 10.9. The number of halogens is 1. The van der Waals surface area contributed by atoms with Gasteiger partial charge in [-0.1, -0.05) is 0 Å². The number of hydrogen-bond donors (Lipinski definition) is 1. The van der Waals surface area contributed by atoms with Crippen LogP contribution in [0.4, 0.5) is 10.1 Å². The molecule has 0 aliphatic carbocycles. The zero-order valence-corrected chi connectivity index (χ0v) is 8.72. The predicted molar refractivity (Wildman–Crippen MR) is 59.8 cm³/mol. The molecule has 5 heteroatoms. The number of hydrogen-bond acceptors (Lipinski definition) is 4. The van der Waals surface area contributed by atoms with Gasteiger partial charge in [0.25, 0.3) is 0 Å². The molecule has 0 radical (unpaired) electrons. The van der Waals surface area contributed by atoms with E-state index < -0.39 is 0 Å². The van der Waals surface area contributed by atoms with Gasteiger partial charge < -0.3 is 10.5 Å². The van der Waals surface area contributed by atoms with Gasteiger partial charge in [-0.15, -0.1) is 0 Å². The number of ether oxygens (including phenoxy) is 1. The van der Waals surface area contributed by atoms with E-state index in [4.69, 9.17) is 15.7 Å². The standard InChI is InChI=1S/C12H8FN3O/c13-9-1-3-10(4-2-9)17-12-11(15)5-8(6-14)7-16-12/h1-5,7H,15H2. The third-order valence-electron chi connectivity index (χ3n) is 2.04. The molecule has 0 aliphatic heterocycles. The maximum atomic E-state index is 12.7. The lowest BCUT2D eigenvalue weighted by Crippen LogP contribution is -1.96. The number of nitrogens with zero attached hydrogens (tertiary/aromatic N) is 2. The first-order valence-electron chi connectivity index (χ1n) is 4.78. The molecule has 0 fully saturated rings. The highest BCUT2D eigenvalue weighted by Crippen LogP contribution is 2.25. The van der Waals surface area contributed by atoms with Crippen LogP contribution < -0.4 is 10.5 Å². The maximum Gasteiger partial charge on any atom is 0.242 e. The third-order valence-corrected chi connectivity index (χ3v) is 2.04. The molecule has 2 rings (SSSR count). The number of nitrogen functional groups attached to an aromatic ring is 1. The van der Waals surface area contributed by atoms with Gasteiger partial charge in [-0.2, -0.15) is 5.26 Å². The van der Waals surface area contributed by atoms with Crippen LogP contribution in [0.5, 0.6) is 11.6 Å². The summed E-state index contributed by atoms with van der Waals surface area (Å²) < 4.78 is 18.0. The second-order valence-corrected chi connectivity index (χ2v) is 3.29. The van der Waals surface area contributed by atoms with Gasteiger partial charge in [0.2, 0.25) is 5.88 Å². The number of anilines is 1. The van der Waals surface area contributed by atoms with E-state index in [1.165, 1.54) is 36.5 Å². The molecule has 2 aromatic rings. The van der Waals surface area contributed by atoms with E-state index in [1.54, 1.807) is 0 Å². The summed E-state index contributed by atoms with van der Waals surface area (Å²) >= 11 is 0. The van der Waals surface area contributed by atoms with Crippen molar-refractivity contribution < 1.29 is 9.13 Å². The number of aromatic nitrogens is 1. The molecule has 2 N–H and O–H groups in total. The average molecular weight is 229 g/mol. The van der Waals surface area contributed by atoms with Gasteiger partial charge in [0.15, 0.2) is 0 Å². The van der Waals surface area contributed by atoms with Crippen LogP contribution in [-0.4, -0.2) is 4.98 Å². The molecule has 0 aliphatic rings. The first-order chi connectivity index (χ1) is 8.19. The second-order valence-electron chi connectivity index (χ2n) is 3.29. The van der Waals surface area contributed by atoms with Crippen molar-refractivity contribution in [3.05, 3.63) is 47.9 Å². The number of rotatable bonds is 2. The minimum Gasteiger partial charge on any atom is -0.437 e. The third kappa shape index (κ3) is 2.49. The van der Waals surface area contributed by atoms with Gasteiger partial charge in [0, 0.05) is 6.20 Å². The van der Waals surface area contributed by atoms with E-state index in [1.807, 2.05) is 6.07 Å². The molecule has 0 saturated heterocycles. The molecular formula is C12H8FN3O. The van der Waals surface area contributed by atoms with Crippen LogP contribution in [-0.2, 0) is 0 Å². The number of benzene rings is 1. The molecule has 0 amide bonds. The van der Waals surface area contributed by atoms with Gasteiger partial charge in [-0.25, -0.2) is 9.37 Å². The summed E-state index contributed by atoms with van der Waals surface area (Å²) in [6.07, 6.45) is 1.36. The van der Waals surface area contributed by atoms with E-state index in [-0.39, 0.29) is 17.4 Å². The van der Waals surface area contributed by atoms with Crippen LogP contribution in [0.3, 0.4) is 0 Å². The Bertz CT molecular complexity index is 575. The molecule has 0 saturated carbocycles. The molecule has 0 atom stereocenters. The molecule has 1 heterocycles. The number of nitrogens with two attached hydrogens (primary N) is 1. The first-order valence-corrected chi connectivity index (χ1v) is 4.78. The van der Waals surface area contributed by atoms with Crippen LogP contribution in [0.2, 0.25) is 0 Å². The highest BCUT2D eigenvalue weighted by Gasteiger charge is 2.05. The fourth-order valence-corrected chi connectivity index (χ4v) is 1.23. The molecule has 0 bridgehead atoms. The van der Waals surface area contributed by atoms with E-state index in [2.05, 4.69) is 4.98 Å². The molecule has 1 aromatic heterocycles. The Hall–Kier alpha value is -2.61. The van der Waals surface area contributed by atoms with Crippen LogP contribution in [0.15, 0.2) is 36.5 Å². The van der Waals surface area contributed by atoms with Gasteiger partial charge in [-0.05, 0) is 30.3 Å². The van der Waals surface area contributed by atoms with Crippen molar-refractivity contribution in [3.8, 4) is 17.7 Å². The Kier molecular flexibility index (Phi) is 2.88. The minimum absolute atomic E-state index is 0.190. The van der Waals surface area contributed by atoms with Crippen molar-refractivity contribution in [1.82, 2.24) is 4.98 Å². The summed E-state index contributed by atoms with van der Waals surface area (Å²) in [5.74, 6) is 0.268. The van der Waals surface area contributed by atoms with Gasteiger partial charge in [0.05, 0.1) is 11.3 Å². The smallest absolute Gasteiger partial charge is 0.242 e. The Morgan fingerprint density at radius 3 is 2.59 bits per heavy atom. The van der Waals surface area contributed by atoms with Crippen molar-refractivity contribution >= 4 is 5.69 Å². The highest BCUT2D eigenvalue weighted by atomic mass is 19.1. The second kappa shape index (κ2) is 4.49. The largest absolute Gasteiger partial charge is 0.437 e. The Labute approximate surface area is 97.1 Å². The lowest BCUT2D eigenvalue weighted by molar-refractivity contribution is 0.464. The SMILES string of the molecule is N#Cc1cnc(Oc2ccc(F)cc2)c(N)c1. The van der Waals surface area contributed by atoms with Crippen molar-refractivity contribution in [2.24, 2.45) is 0 Å².